The molecule has 2 aromatic heterocycles. The van der Waals surface area contributed by atoms with Crippen molar-refractivity contribution in [3.05, 3.63) is 77.5 Å². The second-order valence-electron chi connectivity index (χ2n) is 11.8. The highest BCUT2D eigenvalue weighted by atomic mass is 19.1. The minimum Gasteiger partial charge on any atom is -0.383 e. The molecule has 0 radical (unpaired) electrons. The molecule has 0 amide bonds. The molecule has 0 spiro atoms. The van der Waals surface area contributed by atoms with E-state index in [2.05, 4.69) is 52.8 Å². The number of halogens is 1. The smallest absolute Gasteiger partial charge is 0.123 e. The van der Waals surface area contributed by atoms with Crippen molar-refractivity contribution in [2.45, 2.75) is 51.6 Å². The van der Waals surface area contributed by atoms with E-state index in [1.807, 2.05) is 29.1 Å². The third-order valence-electron chi connectivity index (χ3n) is 7.53. The number of nitriles is 1. The van der Waals surface area contributed by atoms with E-state index in [1.165, 1.54) is 31.4 Å². The fourth-order valence-corrected chi connectivity index (χ4v) is 5.39. The minimum absolute atomic E-state index is 0.0684. The largest absolute Gasteiger partial charge is 0.383 e. The molecule has 3 fully saturated rings. The van der Waals surface area contributed by atoms with Gasteiger partial charge in [0, 0.05) is 23.8 Å². The molecule has 0 aliphatic heterocycles. The van der Waals surface area contributed by atoms with E-state index in [0.29, 0.717) is 5.56 Å². The maximum atomic E-state index is 13.8. The molecular weight excluding hydrogens is 465 g/mol. The molecular formula is C29H30FN7. The summed E-state index contributed by atoms with van der Waals surface area (Å²) in [6, 6.07) is 14.2. The van der Waals surface area contributed by atoms with Crippen LogP contribution in [0.2, 0.25) is 0 Å². The van der Waals surface area contributed by atoms with Gasteiger partial charge in [-0.2, -0.15) is 5.26 Å². The lowest BCUT2D eigenvalue weighted by Gasteiger charge is -2.61. The van der Waals surface area contributed by atoms with E-state index >= 15 is 0 Å². The Kier molecular flexibility index (Phi) is 5.41. The predicted octanol–water partition coefficient (Wildman–Crippen LogP) is 6.01. The van der Waals surface area contributed by atoms with Crippen LogP contribution in [0, 0.1) is 28.5 Å². The van der Waals surface area contributed by atoms with E-state index < -0.39 is 0 Å². The lowest BCUT2D eigenvalue weighted by Crippen LogP contribution is -2.59. The van der Waals surface area contributed by atoms with Gasteiger partial charge < -0.3 is 10.6 Å². The Hall–Kier alpha value is -3.99. The number of nitrogens with one attached hydrogen (secondary N) is 2. The van der Waals surface area contributed by atoms with Gasteiger partial charge in [0.25, 0.3) is 0 Å². The first-order valence-electron chi connectivity index (χ1n) is 12.7. The van der Waals surface area contributed by atoms with Gasteiger partial charge in [0.2, 0.25) is 0 Å². The lowest BCUT2D eigenvalue weighted by molar-refractivity contribution is -0.0989. The summed E-state index contributed by atoms with van der Waals surface area (Å²) in [5.41, 5.74) is 4.91. The minimum atomic E-state index is -0.332. The zero-order valence-electron chi connectivity index (χ0n) is 21.3. The zero-order chi connectivity index (χ0) is 25.8. The Balaban J connectivity index is 1.39. The number of anilines is 2. The van der Waals surface area contributed by atoms with Crippen LogP contribution in [0.4, 0.5) is 15.8 Å². The molecule has 0 unspecified atom stereocenters. The van der Waals surface area contributed by atoms with Crippen molar-refractivity contribution in [3.63, 3.8) is 0 Å². The van der Waals surface area contributed by atoms with Crippen molar-refractivity contribution in [1.82, 2.24) is 20.0 Å². The summed E-state index contributed by atoms with van der Waals surface area (Å²) in [6.45, 7) is 7.27. The fraction of sp³-hybridized carbons (Fsp3) is 0.379. The van der Waals surface area contributed by atoms with E-state index in [0.717, 1.165) is 46.0 Å². The van der Waals surface area contributed by atoms with Crippen molar-refractivity contribution < 1.29 is 4.39 Å². The molecule has 0 saturated heterocycles. The number of rotatable bonds is 7. The fourth-order valence-electron chi connectivity index (χ4n) is 5.39. The van der Waals surface area contributed by atoms with Crippen LogP contribution in [0.5, 0.6) is 0 Å². The Bertz CT molecular complexity index is 1490. The number of hydrogen-bond donors (Lipinski definition) is 2. The van der Waals surface area contributed by atoms with Gasteiger partial charge in [0.15, 0.2) is 0 Å². The molecule has 2 N–H and O–H groups in total. The summed E-state index contributed by atoms with van der Waals surface area (Å²) in [6.07, 6.45) is 7.15. The third-order valence-corrected chi connectivity index (χ3v) is 7.53. The molecule has 2 heterocycles. The van der Waals surface area contributed by atoms with Crippen LogP contribution >= 0.6 is 0 Å². The first-order chi connectivity index (χ1) is 17.7. The molecule has 7 rings (SSSR count). The molecule has 37 heavy (non-hydrogen) atoms. The monoisotopic (exact) mass is 495 g/mol. The van der Waals surface area contributed by atoms with Crippen LogP contribution in [0.1, 0.15) is 62.9 Å². The summed E-state index contributed by atoms with van der Waals surface area (Å²) in [4.78, 5) is 4.57. The highest BCUT2D eigenvalue weighted by Crippen LogP contribution is 2.62. The summed E-state index contributed by atoms with van der Waals surface area (Å²) in [5, 5.41) is 26.5. The van der Waals surface area contributed by atoms with Crippen LogP contribution in [-0.4, -0.2) is 26.5 Å². The van der Waals surface area contributed by atoms with E-state index in [-0.39, 0.29) is 22.8 Å². The molecule has 3 aliphatic rings. The van der Waals surface area contributed by atoms with Crippen LogP contribution < -0.4 is 10.6 Å². The summed E-state index contributed by atoms with van der Waals surface area (Å²) in [5.74, 6) is 0.553. The van der Waals surface area contributed by atoms with Crippen molar-refractivity contribution in [3.8, 4) is 6.07 Å². The molecule has 3 aliphatic carbocycles. The number of benzene rings is 2. The normalized spacial score (nSPS) is 21.0. The first kappa shape index (κ1) is 23.4. The van der Waals surface area contributed by atoms with Crippen molar-refractivity contribution in [2.75, 3.05) is 17.2 Å². The van der Waals surface area contributed by atoms with Gasteiger partial charge in [-0.25, -0.2) is 9.07 Å². The molecule has 3 saturated carbocycles. The zero-order valence-corrected chi connectivity index (χ0v) is 21.3. The highest BCUT2D eigenvalue weighted by Gasteiger charge is 2.58. The van der Waals surface area contributed by atoms with Gasteiger partial charge in [0.05, 0.1) is 34.5 Å². The molecule has 4 aromatic rings. The number of aromatic nitrogens is 4. The molecule has 8 heteroatoms. The maximum Gasteiger partial charge on any atom is 0.123 e. The highest BCUT2D eigenvalue weighted by molar-refractivity contribution is 5.94. The number of pyridine rings is 1. The van der Waals surface area contributed by atoms with Gasteiger partial charge >= 0.3 is 0 Å². The van der Waals surface area contributed by atoms with E-state index in [4.69, 9.17) is 0 Å². The Labute approximate surface area is 215 Å². The van der Waals surface area contributed by atoms with Gasteiger partial charge in [-0.05, 0) is 66.5 Å². The molecule has 2 bridgehead atoms. The van der Waals surface area contributed by atoms with Gasteiger partial charge in [-0.15, -0.1) is 5.10 Å². The third kappa shape index (κ3) is 4.39. The maximum absolute atomic E-state index is 13.8. The first-order valence-corrected chi connectivity index (χ1v) is 12.7. The van der Waals surface area contributed by atoms with Crippen molar-refractivity contribution >= 4 is 22.3 Å². The quantitative estimate of drug-likeness (QED) is 0.326. The molecule has 2 aromatic carbocycles. The van der Waals surface area contributed by atoms with Crippen LogP contribution in [0.15, 0.2) is 54.9 Å². The second-order valence-corrected chi connectivity index (χ2v) is 11.8. The number of fused-ring (bicyclic) bond motifs is 1. The second kappa shape index (κ2) is 8.55. The van der Waals surface area contributed by atoms with E-state index in [1.54, 1.807) is 18.3 Å². The SMILES string of the molecule is CC(C)(C)CNc1cc(N[C@@H](c2ccc(F)cc2)c2cn(C34CC(C3)C4)nn2)cc2cc(C#N)cnc12. The van der Waals surface area contributed by atoms with Crippen molar-refractivity contribution in [1.29, 1.82) is 5.26 Å². The topological polar surface area (TPSA) is 91.5 Å². The van der Waals surface area contributed by atoms with Crippen molar-refractivity contribution in [2.24, 2.45) is 11.3 Å². The summed E-state index contributed by atoms with van der Waals surface area (Å²) in [7, 11) is 0. The lowest BCUT2D eigenvalue weighted by atomic mass is 9.50. The molecule has 7 nitrogen and oxygen atoms in total. The average Bonchev–Trinajstić information content (AvgIpc) is 3.28. The molecule has 188 valence electrons. The average molecular weight is 496 g/mol. The van der Waals surface area contributed by atoms with Gasteiger partial charge in [-0.3, -0.25) is 4.98 Å². The van der Waals surface area contributed by atoms with Crippen LogP contribution in [0.3, 0.4) is 0 Å². The van der Waals surface area contributed by atoms with E-state index in [9.17, 15) is 9.65 Å². The predicted molar refractivity (Wildman–Crippen MR) is 142 cm³/mol. The number of hydrogen-bond acceptors (Lipinski definition) is 6. The van der Waals surface area contributed by atoms with Gasteiger partial charge in [0.1, 0.15) is 17.6 Å². The summed E-state index contributed by atoms with van der Waals surface area (Å²) < 4.78 is 15.8. The van der Waals surface area contributed by atoms with Crippen LogP contribution in [-0.2, 0) is 5.54 Å². The number of nitrogens with zero attached hydrogens (tertiary/aromatic N) is 5. The summed E-state index contributed by atoms with van der Waals surface area (Å²) >= 11 is 0. The Morgan fingerprint density at radius 1 is 1.16 bits per heavy atom. The molecule has 1 atom stereocenters. The van der Waals surface area contributed by atoms with Gasteiger partial charge in [-0.1, -0.05) is 38.1 Å². The Morgan fingerprint density at radius 2 is 1.92 bits per heavy atom. The Morgan fingerprint density at radius 3 is 2.57 bits per heavy atom. The standard InChI is InChI=1S/C29H30FN7/c1-28(2,3)17-33-24-10-23(9-21-8-18(14-31)15-32-26(21)24)34-27(20-4-6-22(30)7-5-20)25-16-37(36-35-25)29-11-19(12-29)13-29/h4-10,15-16,19,27,33-34H,11-13,17H2,1-3H3/t19?,27-,29?/m0/s1. The van der Waals surface area contributed by atoms with Crippen LogP contribution in [0.25, 0.3) is 10.9 Å².